The first kappa shape index (κ1) is 22.8. The molecule has 11 heteroatoms. The van der Waals surface area contributed by atoms with Crippen LogP contribution in [0.3, 0.4) is 0 Å². The maximum atomic E-state index is 10.3. The van der Waals surface area contributed by atoms with Gasteiger partial charge in [0.1, 0.15) is 41.3 Å². The Morgan fingerprint density at radius 2 is 1.58 bits per heavy atom. The van der Waals surface area contributed by atoms with E-state index in [4.69, 9.17) is 23.7 Å². The number of benzene rings is 2. The van der Waals surface area contributed by atoms with Crippen LogP contribution >= 0.6 is 0 Å². The molecule has 2 heterocycles. The molecule has 0 amide bonds. The van der Waals surface area contributed by atoms with Crippen molar-refractivity contribution in [2.75, 3.05) is 20.8 Å². The van der Waals surface area contributed by atoms with E-state index in [1.165, 1.54) is 38.5 Å². The van der Waals surface area contributed by atoms with Crippen LogP contribution in [-0.4, -0.2) is 76.1 Å². The fraction of sp³-hybridized carbons (Fsp3) is 0.364. The summed E-state index contributed by atoms with van der Waals surface area (Å²) < 4.78 is 27.6. The monoisotopic (exact) mass is 464 g/mol. The van der Waals surface area contributed by atoms with Crippen molar-refractivity contribution in [3.05, 3.63) is 41.2 Å². The number of aromatic hydroxyl groups is 3. The lowest BCUT2D eigenvalue weighted by molar-refractivity contribution is -0.261. The number of phenolic OH excluding ortho intramolecular Hbond substituents is 3. The number of aliphatic hydroxyl groups is 3. The molecule has 0 saturated carbocycles. The van der Waals surface area contributed by atoms with E-state index in [-0.39, 0.29) is 52.4 Å². The Hall–Kier alpha value is -3.38. The Balaban J connectivity index is 1.78. The lowest BCUT2D eigenvalue weighted by Crippen LogP contribution is -2.53. The first-order valence-corrected chi connectivity index (χ1v) is 9.95. The molecule has 1 fully saturated rings. The minimum absolute atomic E-state index is 0.0610. The molecule has 0 aromatic heterocycles. The Bertz CT molecular complexity index is 1040. The molecule has 2 aromatic rings. The van der Waals surface area contributed by atoms with Crippen LogP contribution in [0.25, 0.3) is 6.08 Å². The first-order valence-electron chi connectivity index (χ1n) is 9.95. The van der Waals surface area contributed by atoms with Gasteiger partial charge in [-0.05, 0) is 18.2 Å². The average molecular weight is 464 g/mol. The van der Waals surface area contributed by atoms with Gasteiger partial charge in [-0.2, -0.15) is 0 Å². The maximum Gasteiger partial charge on any atom is 0.228 e. The number of methoxy groups -OCH3 is 2. The second-order valence-electron chi connectivity index (χ2n) is 7.56. The zero-order chi connectivity index (χ0) is 23.9. The van der Waals surface area contributed by atoms with E-state index >= 15 is 0 Å². The minimum atomic E-state index is -1.57. The van der Waals surface area contributed by atoms with E-state index in [2.05, 4.69) is 0 Å². The smallest absolute Gasteiger partial charge is 0.228 e. The number of aliphatic hydroxyl groups excluding tert-OH is 3. The van der Waals surface area contributed by atoms with Gasteiger partial charge in [0.15, 0.2) is 17.6 Å². The van der Waals surface area contributed by atoms with Crippen LogP contribution in [0.1, 0.15) is 17.2 Å². The molecule has 4 rings (SSSR count). The van der Waals surface area contributed by atoms with E-state index in [9.17, 15) is 30.6 Å². The van der Waals surface area contributed by atoms with E-state index in [1.54, 1.807) is 0 Å². The van der Waals surface area contributed by atoms with Crippen LogP contribution < -0.4 is 14.2 Å². The molecular weight excluding hydrogens is 440 g/mol. The van der Waals surface area contributed by atoms with E-state index in [1.807, 2.05) is 0 Å². The Kier molecular flexibility index (Phi) is 6.13. The summed E-state index contributed by atoms with van der Waals surface area (Å²) in [6.45, 7) is -0.280. The highest BCUT2D eigenvalue weighted by Gasteiger charge is 2.41. The summed E-state index contributed by atoms with van der Waals surface area (Å²) in [5, 5.41) is 60.4. The van der Waals surface area contributed by atoms with Crippen molar-refractivity contribution in [2.24, 2.45) is 0 Å². The lowest BCUT2D eigenvalue weighted by atomic mass is 10.00. The van der Waals surface area contributed by atoms with Crippen LogP contribution in [0, 0.1) is 0 Å². The van der Waals surface area contributed by atoms with Crippen molar-refractivity contribution in [3.63, 3.8) is 0 Å². The maximum absolute atomic E-state index is 10.3. The van der Waals surface area contributed by atoms with Gasteiger partial charge >= 0.3 is 0 Å². The zero-order valence-electron chi connectivity index (χ0n) is 17.7. The van der Waals surface area contributed by atoms with Crippen molar-refractivity contribution in [2.45, 2.75) is 30.7 Å². The van der Waals surface area contributed by atoms with Crippen molar-refractivity contribution >= 4 is 6.08 Å². The molecular formula is C22H24O11. The molecule has 0 aliphatic carbocycles. The third-order valence-electron chi connectivity index (χ3n) is 5.41. The normalized spacial score (nSPS) is 26.6. The van der Waals surface area contributed by atoms with Crippen LogP contribution in [0.2, 0.25) is 0 Å². The summed E-state index contributed by atoms with van der Waals surface area (Å²) in [6.07, 6.45) is -5.32. The van der Waals surface area contributed by atoms with Gasteiger partial charge in [0.25, 0.3) is 0 Å². The van der Waals surface area contributed by atoms with Crippen LogP contribution in [0.5, 0.6) is 34.5 Å². The van der Waals surface area contributed by atoms with Crippen LogP contribution in [0.4, 0.5) is 0 Å². The van der Waals surface area contributed by atoms with Crippen molar-refractivity contribution in [3.8, 4) is 34.5 Å². The zero-order valence-corrected chi connectivity index (χ0v) is 17.7. The summed E-state index contributed by atoms with van der Waals surface area (Å²) in [5.74, 6) is -0.376. The molecule has 6 N–H and O–H groups in total. The lowest BCUT2D eigenvalue weighted by Gasteiger charge is -2.37. The Morgan fingerprint density at radius 3 is 2.21 bits per heavy atom. The number of phenols is 3. The quantitative estimate of drug-likeness (QED) is 0.369. The van der Waals surface area contributed by atoms with Gasteiger partial charge < -0.3 is 54.3 Å². The topological polar surface area (TPSA) is 168 Å². The van der Waals surface area contributed by atoms with Gasteiger partial charge in [-0.25, -0.2) is 0 Å². The predicted molar refractivity (Wildman–Crippen MR) is 111 cm³/mol. The summed E-state index contributed by atoms with van der Waals surface area (Å²) in [4.78, 5) is 0. The fourth-order valence-corrected chi connectivity index (χ4v) is 3.65. The number of ether oxygens (including phenoxy) is 5. The Morgan fingerprint density at radius 1 is 0.909 bits per heavy atom. The summed E-state index contributed by atoms with van der Waals surface area (Å²) in [5.41, 5.74) is 0.592. The van der Waals surface area contributed by atoms with Crippen molar-refractivity contribution < 1.29 is 54.3 Å². The van der Waals surface area contributed by atoms with E-state index < -0.39 is 30.7 Å². The van der Waals surface area contributed by atoms with Gasteiger partial charge in [0.2, 0.25) is 12.0 Å². The molecule has 2 aliphatic rings. The van der Waals surface area contributed by atoms with Gasteiger partial charge in [-0.1, -0.05) is 0 Å². The van der Waals surface area contributed by atoms with Crippen molar-refractivity contribution in [1.82, 2.24) is 0 Å². The standard InChI is InChI=1S/C22H24O11/c1-29-15-3-9(4-16(30-2)19(15)27)21-17(33-22-20(28)18(26)13(25)8-31-22)7-11-12(24)5-10(23)6-14(11)32-21/h3-7,13,18,20-28H,8H2,1-2H3/t13-,18-,20+,21?,22?/m1/s1. The van der Waals surface area contributed by atoms with Crippen molar-refractivity contribution in [1.29, 1.82) is 0 Å². The molecule has 2 unspecified atom stereocenters. The summed E-state index contributed by atoms with van der Waals surface area (Å²) >= 11 is 0. The molecule has 5 atom stereocenters. The van der Waals surface area contributed by atoms with Gasteiger partial charge in [-0.15, -0.1) is 0 Å². The molecule has 0 radical (unpaired) electrons. The molecule has 11 nitrogen and oxygen atoms in total. The first-order chi connectivity index (χ1) is 15.7. The minimum Gasteiger partial charge on any atom is -0.508 e. The molecule has 0 bridgehead atoms. The van der Waals surface area contributed by atoms with Crippen LogP contribution in [0.15, 0.2) is 30.0 Å². The fourth-order valence-electron chi connectivity index (χ4n) is 3.65. The highest BCUT2D eigenvalue weighted by atomic mass is 16.7. The largest absolute Gasteiger partial charge is 0.508 e. The second-order valence-corrected chi connectivity index (χ2v) is 7.56. The SMILES string of the molecule is COc1cc(C2Oc3cc(O)cc(O)c3C=C2OC2OC[C@@H](O)[C@@H](O)[C@@H]2O)cc(OC)c1O. The highest BCUT2D eigenvalue weighted by molar-refractivity contribution is 5.70. The van der Waals surface area contributed by atoms with Gasteiger partial charge in [-0.3, -0.25) is 0 Å². The summed E-state index contributed by atoms with van der Waals surface area (Å²) in [7, 11) is 2.72. The second kappa shape index (κ2) is 8.87. The third kappa shape index (κ3) is 4.18. The van der Waals surface area contributed by atoms with Gasteiger partial charge in [0, 0.05) is 17.7 Å². The molecule has 33 heavy (non-hydrogen) atoms. The number of hydrogen-bond acceptors (Lipinski definition) is 11. The van der Waals surface area contributed by atoms with Crippen LogP contribution in [-0.2, 0) is 9.47 Å². The molecule has 2 aliphatic heterocycles. The Labute approximate surface area is 188 Å². The number of fused-ring (bicyclic) bond motifs is 1. The molecule has 178 valence electrons. The molecule has 0 spiro atoms. The highest BCUT2D eigenvalue weighted by Crippen LogP contribution is 2.47. The molecule has 2 aromatic carbocycles. The summed E-state index contributed by atoms with van der Waals surface area (Å²) in [6, 6.07) is 5.37. The number of rotatable bonds is 5. The van der Waals surface area contributed by atoms with Gasteiger partial charge in [0.05, 0.1) is 26.4 Å². The van der Waals surface area contributed by atoms with E-state index in [0.29, 0.717) is 5.56 Å². The number of hydrogen-bond donors (Lipinski definition) is 6. The average Bonchev–Trinajstić information content (AvgIpc) is 2.79. The predicted octanol–water partition coefficient (Wildman–Crippen LogP) is 0.751. The van der Waals surface area contributed by atoms with E-state index in [0.717, 1.165) is 6.07 Å². The third-order valence-corrected chi connectivity index (χ3v) is 5.41. The molecule has 1 saturated heterocycles.